The molecule has 0 saturated heterocycles. The molecule has 0 spiro atoms. The molecule has 0 aliphatic rings. The van der Waals surface area contributed by atoms with Gasteiger partial charge in [0.05, 0.1) is 0 Å². The zero-order valence-corrected chi connectivity index (χ0v) is 9.34. The van der Waals surface area contributed by atoms with E-state index in [0.29, 0.717) is 6.04 Å². The van der Waals surface area contributed by atoms with Gasteiger partial charge in [0.15, 0.2) is 0 Å². The summed E-state index contributed by atoms with van der Waals surface area (Å²) in [6.45, 7) is 6.97. The maximum Gasteiger partial charge on any atom is 0.126 e. The lowest BCUT2D eigenvalue weighted by Crippen LogP contribution is -2.25. The summed E-state index contributed by atoms with van der Waals surface area (Å²) in [6.07, 6.45) is 0. The maximum atomic E-state index is 13.0. The summed E-state index contributed by atoms with van der Waals surface area (Å²) in [7, 11) is 2.07. The lowest BCUT2D eigenvalue weighted by atomic mass is 10.1. The highest BCUT2D eigenvalue weighted by molar-refractivity contribution is 5.23. The minimum Gasteiger partial charge on any atom is -0.300 e. The van der Waals surface area contributed by atoms with Crippen LogP contribution in [0.3, 0.4) is 0 Å². The Hall–Kier alpha value is -0.890. The van der Waals surface area contributed by atoms with Crippen LogP contribution in [0.2, 0.25) is 0 Å². The van der Waals surface area contributed by atoms with Crippen LogP contribution < -0.4 is 0 Å². The first-order valence-electron chi connectivity index (χ1n) is 4.96. The molecule has 0 N–H and O–H groups in total. The average molecular weight is 195 g/mol. The summed E-state index contributed by atoms with van der Waals surface area (Å²) in [6, 6.07) is 5.81. The Balaban J connectivity index is 2.73. The predicted octanol–water partition coefficient (Wildman–Crippen LogP) is 2.97. The molecular weight excluding hydrogens is 177 g/mol. The van der Waals surface area contributed by atoms with E-state index in [0.717, 1.165) is 12.1 Å². The molecule has 0 fully saturated rings. The van der Waals surface area contributed by atoms with E-state index in [-0.39, 0.29) is 5.82 Å². The van der Waals surface area contributed by atoms with Crippen molar-refractivity contribution in [2.24, 2.45) is 0 Å². The first kappa shape index (κ1) is 11.2. The van der Waals surface area contributed by atoms with Crippen LogP contribution in [0.15, 0.2) is 18.2 Å². The first-order chi connectivity index (χ1) is 6.50. The minimum atomic E-state index is -0.124. The normalized spacial score (nSPS) is 11.4. The summed E-state index contributed by atoms with van der Waals surface area (Å²) < 4.78 is 13.0. The van der Waals surface area contributed by atoms with E-state index in [4.69, 9.17) is 0 Å². The third-order valence-electron chi connectivity index (χ3n) is 2.54. The van der Waals surface area contributed by atoms with Gasteiger partial charge in [-0.25, -0.2) is 4.39 Å². The fraction of sp³-hybridized carbons (Fsp3) is 0.500. The number of halogens is 1. The zero-order chi connectivity index (χ0) is 10.7. The number of rotatable bonds is 3. The van der Waals surface area contributed by atoms with Gasteiger partial charge in [-0.15, -0.1) is 0 Å². The Kier molecular flexibility index (Phi) is 3.64. The molecule has 1 nitrogen and oxygen atoms in total. The second-order valence-corrected chi connectivity index (χ2v) is 4.09. The van der Waals surface area contributed by atoms with Crippen LogP contribution in [0.25, 0.3) is 0 Å². The molecule has 0 aliphatic heterocycles. The van der Waals surface area contributed by atoms with Crippen molar-refractivity contribution in [3.63, 3.8) is 0 Å². The molecule has 78 valence electrons. The topological polar surface area (TPSA) is 3.24 Å². The van der Waals surface area contributed by atoms with Crippen LogP contribution in [0.1, 0.15) is 25.0 Å². The number of hydrogen-bond donors (Lipinski definition) is 0. The average Bonchev–Trinajstić information content (AvgIpc) is 2.11. The van der Waals surface area contributed by atoms with E-state index in [1.54, 1.807) is 13.0 Å². The molecule has 0 aliphatic carbocycles. The van der Waals surface area contributed by atoms with Crippen molar-refractivity contribution in [1.82, 2.24) is 4.90 Å². The SMILES string of the molecule is Cc1cc(CN(C)C(C)C)ccc1F. The molecule has 0 radical (unpaired) electrons. The third kappa shape index (κ3) is 2.81. The van der Waals surface area contributed by atoms with Gasteiger partial charge in [0.2, 0.25) is 0 Å². The van der Waals surface area contributed by atoms with E-state index in [1.165, 1.54) is 5.56 Å². The molecule has 0 atom stereocenters. The lowest BCUT2D eigenvalue weighted by molar-refractivity contribution is 0.265. The second kappa shape index (κ2) is 4.56. The highest BCUT2D eigenvalue weighted by Crippen LogP contribution is 2.11. The van der Waals surface area contributed by atoms with Gasteiger partial charge in [-0.1, -0.05) is 12.1 Å². The third-order valence-corrected chi connectivity index (χ3v) is 2.54. The van der Waals surface area contributed by atoms with Gasteiger partial charge in [-0.2, -0.15) is 0 Å². The monoisotopic (exact) mass is 195 g/mol. The van der Waals surface area contributed by atoms with Gasteiger partial charge in [-0.05, 0) is 45.0 Å². The van der Waals surface area contributed by atoms with Crippen molar-refractivity contribution in [2.75, 3.05) is 7.05 Å². The molecule has 0 saturated carbocycles. The van der Waals surface area contributed by atoms with Crippen molar-refractivity contribution in [3.8, 4) is 0 Å². The molecule has 2 heteroatoms. The highest BCUT2D eigenvalue weighted by atomic mass is 19.1. The number of benzene rings is 1. The first-order valence-corrected chi connectivity index (χ1v) is 4.96. The molecule has 0 bridgehead atoms. The number of hydrogen-bond acceptors (Lipinski definition) is 1. The Morgan fingerprint density at radius 2 is 2.00 bits per heavy atom. The summed E-state index contributed by atoms with van der Waals surface area (Å²) in [5, 5.41) is 0. The molecule has 0 heterocycles. The molecule has 0 aromatic heterocycles. The Bertz CT molecular complexity index is 307. The minimum absolute atomic E-state index is 0.124. The van der Waals surface area contributed by atoms with Crippen LogP contribution in [0, 0.1) is 12.7 Å². The molecule has 0 unspecified atom stereocenters. The quantitative estimate of drug-likeness (QED) is 0.716. The fourth-order valence-electron chi connectivity index (χ4n) is 1.28. The lowest BCUT2D eigenvalue weighted by Gasteiger charge is -2.21. The Morgan fingerprint density at radius 1 is 1.36 bits per heavy atom. The van der Waals surface area contributed by atoms with Gasteiger partial charge >= 0.3 is 0 Å². The highest BCUT2D eigenvalue weighted by Gasteiger charge is 2.05. The van der Waals surface area contributed by atoms with Crippen LogP contribution in [-0.4, -0.2) is 18.0 Å². The summed E-state index contributed by atoms with van der Waals surface area (Å²) >= 11 is 0. The van der Waals surface area contributed by atoms with Gasteiger partial charge in [-0.3, -0.25) is 4.90 Å². The van der Waals surface area contributed by atoms with Crippen molar-refractivity contribution >= 4 is 0 Å². The van der Waals surface area contributed by atoms with Crippen molar-refractivity contribution < 1.29 is 4.39 Å². The number of aryl methyl sites for hydroxylation is 1. The van der Waals surface area contributed by atoms with Crippen LogP contribution in [-0.2, 0) is 6.54 Å². The standard InChI is InChI=1S/C12H18FN/c1-9(2)14(4)8-11-5-6-12(13)10(3)7-11/h5-7,9H,8H2,1-4H3. The second-order valence-electron chi connectivity index (χ2n) is 4.09. The maximum absolute atomic E-state index is 13.0. The van der Waals surface area contributed by atoms with E-state index in [2.05, 4.69) is 25.8 Å². The van der Waals surface area contributed by atoms with Crippen molar-refractivity contribution in [2.45, 2.75) is 33.4 Å². The van der Waals surface area contributed by atoms with E-state index < -0.39 is 0 Å². The van der Waals surface area contributed by atoms with Gasteiger partial charge in [0, 0.05) is 12.6 Å². The molecule has 1 rings (SSSR count). The summed E-state index contributed by atoms with van der Waals surface area (Å²) in [5.74, 6) is -0.124. The molecule has 1 aromatic carbocycles. The Morgan fingerprint density at radius 3 is 2.50 bits per heavy atom. The van der Waals surface area contributed by atoms with Crippen LogP contribution >= 0.6 is 0 Å². The molecule has 0 amide bonds. The van der Waals surface area contributed by atoms with Gasteiger partial charge in [0.1, 0.15) is 5.82 Å². The van der Waals surface area contributed by atoms with Crippen molar-refractivity contribution in [1.29, 1.82) is 0 Å². The smallest absolute Gasteiger partial charge is 0.126 e. The van der Waals surface area contributed by atoms with Crippen LogP contribution in [0.4, 0.5) is 4.39 Å². The molecular formula is C12H18FN. The van der Waals surface area contributed by atoms with Crippen molar-refractivity contribution in [3.05, 3.63) is 35.1 Å². The molecule has 14 heavy (non-hydrogen) atoms. The number of nitrogens with zero attached hydrogens (tertiary/aromatic N) is 1. The van der Waals surface area contributed by atoms with Crippen LogP contribution in [0.5, 0.6) is 0 Å². The van der Waals surface area contributed by atoms with Gasteiger partial charge < -0.3 is 0 Å². The summed E-state index contributed by atoms with van der Waals surface area (Å²) in [5.41, 5.74) is 1.89. The zero-order valence-electron chi connectivity index (χ0n) is 9.34. The predicted molar refractivity (Wildman–Crippen MR) is 57.7 cm³/mol. The van der Waals surface area contributed by atoms with Gasteiger partial charge in [0.25, 0.3) is 0 Å². The van der Waals surface area contributed by atoms with E-state index >= 15 is 0 Å². The van der Waals surface area contributed by atoms with E-state index in [9.17, 15) is 4.39 Å². The fourth-order valence-corrected chi connectivity index (χ4v) is 1.28. The molecule has 1 aromatic rings. The summed E-state index contributed by atoms with van der Waals surface area (Å²) in [4.78, 5) is 2.23. The Labute approximate surface area is 85.5 Å². The van der Waals surface area contributed by atoms with E-state index in [1.807, 2.05) is 12.1 Å². The largest absolute Gasteiger partial charge is 0.300 e.